The van der Waals surface area contributed by atoms with E-state index in [-0.39, 0.29) is 18.0 Å². The van der Waals surface area contributed by atoms with Crippen molar-refractivity contribution in [1.29, 1.82) is 0 Å². The molecular formula is C16H30N2O3. The van der Waals surface area contributed by atoms with E-state index in [1.807, 2.05) is 11.8 Å². The molecule has 1 saturated heterocycles. The number of amides is 2. The number of rotatable bonds is 6. The van der Waals surface area contributed by atoms with Crippen LogP contribution in [0.3, 0.4) is 0 Å². The molecule has 0 aromatic rings. The number of carbonyl (C=O) groups excluding carboxylic acids is 1. The molecule has 122 valence electrons. The maximum atomic E-state index is 12.3. The molecular weight excluding hydrogens is 268 g/mol. The van der Waals surface area contributed by atoms with Gasteiger partial charge in [-0.3, -0.25) is 4.79 Å². The average Bonchev–Trinajstić information content (AvgIpc) is 2.37. The highest BCUT2D eigenvalue weighted by atomic mass is 16.4. The summed E-state index contributed by atoms with van der Waals surface area (Å²) in [6.07, 6.45) is 4.44. The highest BCUT2D eigenvalue weighted by molar-refractivity contribution is 5.75. The minimum absolute atomic E-state index is 0.0215. The first-order valence-corrected chi connectivity index (χ1v) is 8.11. The molecule has 1 rings (SSSR count). The van der Waals surface area contributed by atoms with Gasteiger partial charge in [-0.15, -0.1) is 0 Å². The van der Waals surface area contributed by atoms with Gasteiger partial charge in [0.1, 0.15) is 0 Å². The number of piperidine rings is 1. The Morgan fingerprint density at radius 2 is 1.95 bits per heavy atom. The summed E-state index contributed by atoms with van der Waals surface area (Å²) in [5, 5.41) is 11.9. The molecule has 5 heteroatoms. The summed E-state index contributed by atoms with van der Waals surface area (Å²) in [6.45, 7) is 8.88. The van der Waals surface area contributed by atoms with Gasteiger partial charge in [0.2, 0.25) is 0 Å². The van der Waals surface area contributed by atoms with Gasteiger partial charge in [-0.25, -0.2) is 4.79 Å². The Morgan fingerprint density at radius 3 is 2.52 bits per heavy atom. The Labute approximate surface area is 128 Å². The van der Waals surface area contributed by atoms with Crippen LogP contribution in [0.15, 0.2) is 0 Å². The van der Waals surface area contributed by atoms with E-state index in [1.54, 1.807) is 6.92 Å². The number of urea groups is 1. The first-order chi connectivity index (χ1) is 9.81. The van der Waals surface area contributed by atoms with Crippen LogP contribution in [-0.2, 0) is 4.79 Å². The van der Waals surface area contributed by atoms with Gasteiger partial charge in [-0.1, -0.05) is 20.3 Å². The summed E-state index contributed by atoms with van der Waals surface area (Å²) in [7, 11) is 0. The minimum Gasteiger partial charge on any atom is -0.481 e. The van der Waals surface area contributed by atoms with Crippen molar-refractivity contribution in [3.05, 3.63) is 0 Å². The van der Waals surface area contributed by atoms with Crippen LogP contribution in [0.25, 0.3) is 0 Å². The van der Waals surface area contributed by atoms with Crippen molar-refractivity contribution in [1.82, 2.24) is 10.2 Å². The molecule has 4 atom stereocenters. The van der Waals surface area contributed by atoms with Gasteiger partial charge in [-0.2, -0.15) is 0 Å². The van der Waals surface area contributed by atoms with Crippen LogP contribution in [0.1, 0.15) is 59.8 Å². The van der Waals surface area contributed by atoms with Crippen molar-refractivity contribution in [2.75, 3.05) is 6.54 Å². The molecule has 2 amide bonds. The Balaban J connectivity index is 2.29. The second-order valence-electron chi connectivity index (χ2n) is 6.69. The van der Waals surface area contributed by atoms with Crippen LogP contribution in [0.5, 0.6) is 0 Å². The Bertz CT molecular complexity index is 359. The average molecular weight is 298 g/mol. The van der Waals surface area contributed by atoms with Gasteiger partial charge in [0.05, 0.1) is 5.92 Å². The molecule has 1 aliphatic heterocycles. The summed E-state index contributed by atoms with van der Waals surface area (Å²) >= 11 is 0. The van der Waals surface area contributed by atoms with E-state index in [9.17, 15) is 9.59 Å². The van der Waals surface area contributed by atoms with E-state index in [4.69, 9.17) is 5.11 Å². The number of hydrogen-bond donors (Lipinski definition) is 2. The Morgan fingerprint density at radius 1 is 1.29 bits per heavy atom. The van der Waals surface area contributed by atoms with Gasteiger partial charge in [0, 0.05) is 18.6 Å². The number of hydrogen-bond acceptors (Lipinski definition) is 2. The maximum absolute atomic E-state index is 12.3. The van der Waals surface area contributed by atoms with Crippen molar-refractivity contribution in [2.24, 2.45) is 11.8 Å². The monoisotopic (exact) mass is 298 g/mol. The van der Waals surface area contributed by atoms with Gasteiger partial charge in [0.15, 0.2) is 0 Å². The van der Waals surface area contributed by atoms with Crippen LogP contribution < -0.4 is 5.32 Å². The molecule has 0 aliphatic carbocycles. The third kappa shape index (κ3) is 5.94. The molecule has 5 nitrogen and oxygen atoms in total. The zero-order chi connectivity index (χ0) is 16.0. The normalized spacial score (nSPS) is 25.2. The van der Waals surface area contributed by atoms with Crippen LogP contribution in [0.4, 0.5) is 4.79 Å². The highest BCUT2D eigenvalue weighted by Crippen LogP contribution is 2.22. The first-order valence-electron chi connectivity index (χ1n) is 8.11. The minimum atomic E-state index is -0.747. The zero-order valence-electron chi connectivity index (χ0n) is 13.8. The van der Waals surface area contributed by atoms with Gasteiger partial charge in [-0.05, 0) is 45.4 Å². The molecule has 1 aliphatic rings. The quantitative estimate of drug-likeness (QED) is 0.791. The van der Waals surface area contributed by atoms with Crippen molar-refractivity contribution < 1.29 is 14.7 Å². The molecule has 0 saturated carbocycles. The summed E-state index contributed by atoms with van der Waals surface area (Å²) in [4.78, 5) is 24.9. The lowest BCUT2D eigenvalue weighted by Crippen LogP contribution is -2.50. The topological polar surface area (TPSA) is 69.6 Å². The van der Waals surface area contributed by atoms with Crippen LogP contribution >= 0.6 is 0 Å². The first kappa shape index (κ1) is 17.8. The highest BCUT2D eigenvalue weighted by Gasteiger charge is 2.27. The van der Waals surface area contributed by atoms with Crippen LogP contribution in [0.2, 0.25) is 0 Å². The number of carbonyl (C=O) groups is 2. The maximum Gasteiger partial charge on any atom is 0.317 e. The number of carboxylic acid groups (broad SMARTS) is 1. The zero-order valence-corrected chi connectivity index (χ0v) is 13.8. The number of aliphatic carboxylic acids is 1. The fourth-order valence-corrected chi connectivity index (χ4v) is 2.93. The van der Waals surface area contributed by atoms with Crippen LogP contribution in [-0.4, -0.2) is 40.6 Å². The van der Waals surface area contributed by atoms with E-state index < -0.39 is 5.97 Å². The number of carboxylic acids is 1. The molecule has 0 spiro atoms. The molecule has 21 heavy (non-hydrogen) atoms. The number of nitrogens with one attached hydrogen (secondary N) is 1. The summed E-state index contributed by atoms with van der Waals surface area (Å²) in [5.41, 5.74) is 0. The van der Waals surface area contributed by atoms with Crippen molar-refractivity contribution >= 4 is 12.0 Å². The molecule has 0 aromatic carbocycles. The summed E-state index contributed by atoms with van der Waals surface area (Å²) in [5.74, 6) is -0.363. The third-order valence-corrected chi connectivity index (χ3v) is 4.46. The van der Waals surface area contributed by atoms with Gasteiger partial charge < -0.3 is 15.3 Å². The lowest BCUT2D eigenvalue weighted by Gasteiger charge is -2.37. The summed E-state index contributed by atoms with van der Waals surface area (Å²) in [6, 6.07) is 0.409. The number of likely N-dealkylation sites (tertiary alicyclic amines) is 1. The van der Waals surface area contributed by atoms with Crippen molar-refractivity contribution in [3.8, 4) is 0 Å². The predicted octanol–water partition coefficient (Wildman–Crippen LogP) is 3.10. The van der Waals surface area contributed by atoms with E-state index in [2.05, 4.69) is 19.2 Å². The fraction of sp³-hybridized carbons (Fsp3) is 0.875. The fourth-order valence-electron chi connectivity index (χ4n) is 2.93. The third-order valence-electron chi connectivity index (χ3n) is 4.46. The van der Waals surface area contributed by atoms with E-state index >= 15 is 0 Å². The second kappa shape index (κ2) is 8.25. The van der Waals surface area contributed by atoms with Gasteiger partial charge >= 0.3 is 12.0 Å². The van der Waals surface area contributed by atoms with E-state index in [0.717, 1.165) is 32.2 Å². The summed E-state index contributed by atoms with van der Waals surface area (Å²) < 4.78 is 0. The smallest absolute Gasteiger partial charge is 0.317 e. The number of nitrogens with zero attached hydrogens (tertiary/aromatic N) is 1. The molecule has 4 unspecified atom stereocenters. The Kier molecular flexibility index (Phi) is 6.99. The van der Waals surface area contributed by atoms with Crippen LogP contribution in [0, 0.1) is 11.8 Å². The predicted molar refractivity (Wildman–Crippen MR) is 83.2 cm³/mol. The molecule has 0 radical (unpaired) electrons. The Hall–Kier alpha value is -1.26. The SMILES string of the molecule is CC1CCN(C(=O)NC(C)CCCC(C)C(=O)O)C(C)C1. The molecule has 1 heterocycles. The van der Waals surface area contributed by atoms with Crippen molar-refractivity contribution in [3.63, 3.8) is 0 Å². The molecule has 0 bridgehead atoms. The lowest BCUT2D eigenvalue weighted by atomic mass is 9.94. The largest absolute Gasteiger partial charge is 0.481 e. The molecule has 2 N–H and O–H groups in total. The van der Waals surface area contributed by atoms with E-state index in [1.165, 1.54) is 0 Å². The molecule has 0 aromatic heterocycles. The molecule has 1 fully saturated rings. The van der Waals surface area contributed by atoms with Gasteiger partial charge in [0.25, 0.3) is 0 Å². The second-order valence-corrected chi connectivity index (χ2v) is 6.69. The standard InChI is InChI=1S/C16H30N2O3/c1-11-8-9-18(14(4)10-11)16(21)17-13(3)7-5-6-12(2)15(19)20/h11-14H,5-10H2,1-4H3,(H,17,21)(H,19,20). The lowest BCUT2D eigenvalue weighted by molar-refractivity contribution is -0.141. The van der Waals surface area contributed by atoms with Crippen molar-refractivity contribution in [2.45, 2.75) is 71.9 Å². The van der Waals surface area contributed by atoms with E-state index in [0.29, 0.717) is 18.4 Å².